The topological polar surface area (TPSA) is 89.5 Å². The lowest BCUT2D eigenvalue weighted by Gasteiger charge is -2.37. The van der Waals surface area contributed by atoms with Gasteiger partial charge in [0.2, 0.25) is 5.91 Å². The van der Waals surface area contributed by atoms with Crippen molar-refractivity contribution in [2.75, 3.05) is 26.7 Å². The second-order valence-corrected chi connectivity index (χ2v) is 5.13. The van der Waals surface area contributed by atoms with Crippen LogP contribution in [0.1, 0.15) is 18.4 Å². The lowest BCUT2D eigenvalue weighted by Crippen LogP contribution is -2.56. The fourth-order valence-electron chi connectivity index (χ4n) is 2.38. The Balaban J connectivity index is 1.78. The van der Waals surface area contributed by atoms with Gasteiger partial charge in [-0.3, -0.25) is 19.6 Å². The molecule has 1 amide bonds. The Bertz CT molecular complexity index is 460. The quantitative estimate of drug-likeness (QED) is 0.790. The molecule has 7 heteroatoms. The van der Waals surface area contributed by atoms with Crippen molar-refractivity contribution in [2.45, 2.75) is 25.3 Å². The van der Waals surface area contributed by atoms with Crippen LogP contribution in [0.4, 0.5) is 0 Å². The summed E-state index contributed by atoms with van der Waals surface area (Å²) in [7, 11) is 1.78. The summed E-state index contributed by atoms with van der Waals surface area (Å²) in [5, 5.41) is 15.7. The number of hydrogen-bond donors (Lipinski definition) is 2. The number of nitrogens with one attached hydrogen (secondary N) is 1. The fraction of sp³-hybridized carbons (Fsp3) is 0.615. The molecule has 0 spiro atoms. The zero-order valence-electron chi connectivity index (χ0n) is 11.6. The van der Waals surface area contributed by atoms with E-state index in [1.165, 1.54) is 0 Å². The van der Waals surface area contributed by atoms with Gasteiger partial charge in [-0.15, -0.1) is 0 Å². The second-order valence-electron chi connectivity index (χ2n) is 5.13. The van der Waals surface area contributed by atoms with Gasteiger partial charge in [0.25, 0.3) is 0 Å². The molecule has 1 aromatic rings. The number of rotatable bonds is 5. The Morgan fingerprint density at radius 2 is 2.30 bits per heavy atom. The normalized spacial score (nSPS) is 20.1. The van der Waals surface area contributed by atoms with Crippen LogP contribution in [0.15, 0.2) is 12.4 Å². The van der Waals surface area contributed by atoms with E-state index >= 15 is 0 Å². The number of carbonyl (C=O) groups is 2. The van der Waals surface area contributed by atoms with Gasteiger partial charge >= 0.3 is 5.97 Å². The van der Waals surface area contributed by atoms with Crippen molar-refractivity contribution in [2.24, 2.45) is 0 Å². The first-order valence-corrected chi connectivity index (χ1v) is 6.76. The van der Waals surface area contributed by atoms with Crippen molar-refractivity contribution in [3.8, 4) is 0 Å². The largest absolute Gasteiger partial charge is 0.480 e. The standard InChI is InChI=1S/C13H20N4O3/c1-16-5-6-17(9-11(16)13(19)20)12(18)4-2-3-10-7-14-15-8-10/h7-8,11H,2-6,9H2,1H3,(H,14,15)(H,19,20). The Kier molecular flexibility index (Phi) is 4.73. The van der Waals surface area contributed by atoms with Gasteiger partial charge in [0, 0.05) is 32.3 Å². The summed E-state index contributed by atoms with van der Waals surface area (Å²) < 4.78 is 0. The number of aromatic nitrogens is 2. The molecule has 2 heterocycles. The molecular formula is C13H20N4O3. The molecule has 1 aliphatic heterocycles. The summed E-state index contributed by atoms with van der Waals surface area (Å²) in [6.45, 7) is 1.48. The Hall–Kier alpha value is -1.89. The third-order valence-corrected chi connectivity index (χ3v) is 3.70. The number of H-pyrrole nitrogens is 1. The highest BCUT2D eigenvalue weighted by Gasteiger charge is 2.31. The number of carboxylic acid groups (broad SMARTS) is 1. The highest BCUT2D eigenvalue weighted by Crippen LogP contribution is 2.11. The number of piperazine rings is 1. The Morgan fingerprint density at radius 3 is 2.95 bits per heavy atom. The van der Waals surface area contributed by atoms with Gasteiger partial charge in [-0.1, -0.05) is 0 Å². The maximum Gasteiger partial charge on any atom is 0.322 e. The average Bonchev–Trinajstić information content (AvgIpc) is 2.92. The minimum absolute atomic E-state index is 0.0350. The van der Waals surface area contributed by atoms with Gasteiger partial charge in [0.15, 0.2) is 0 Å². The molecular weight excluding hydrogens is 260 g/mol. The van der Waals surface area contributed by atoms with E-state index in [-0.39, 0.29) is 12.5 Å². The molecule has 2 rings (SSSR count). The van der Waals surface area contributed by atoms with Crippen LogP contribution in [-0.4, -0.2) is 69.7 Å². The van der Waals surface area contributed by atoms with Crippen molar-refractivity contribution < 1.29 is 14.7 Å². The molecule has 0 bridgehead atoms. The molecule has 110 valence electrons. The SMILES string of the molecule is CN1CCN(C(=O)CCCc2cn[nH]c2)CC1C(=O)O. The van der Waals surface area contributed by atoms with Gasteiger partial charge in [0.1, 0.15) is 6.04 Å². The van der Waals surface area contributed by atoms with E-state index in [0.717, 1.165) is 18.4 Å². The first kappa shape index (κ1) is 14.5. The van der Waals surface area contributed by atoms with Crippen LogP contribution in [-0.2, 0) is 16.0 Å². The predicted octanol–water partition coefficient (Wildman–Crippen LogP) is -0.0404. The van der Waals surface area contributed by atoms with Crippen molar-refractivity contribution >= 4 is 11.9 Å². The van der Waals surface area contributed by atoms with E-state index in [1.807, 2.05) is 6.20 Å². The van der Waals surface area contributed by atoms with Gasteiger partial charge in [-0.2, -0.15) is 5.10 Å². The number of nitrogens with zero attached hydrogens (tertiary/aromatic N) is 3. The van der Waals surface area contributed by atoms with Crippen molar-refractivity contribution in [1.29, 1.82) is 0 Å². The van der Waals surface area contributed by atoms with Crippen LogP contribution in [0.3, 0.4) is 0 Å². The molecule has 0 aromatic carbocycles. The zero-order valence-corrected chi connectivity index (χ0v) is 11.6. The highest BCUT2D eigenvalue weighted by atomic mass is 16.4. The number of carboxylic acids is 1. The molecule has 1 fully saturated rings. The first-order valence-electron chi connectivity index (χ1n) is 6.76. The van der Waals surface area contributed by atoms with Crippen LogP contribution in [0.2, 0.25) is 0 Å². The molecule has 0 aliphatic carbocycles. The smallest absolute Gasteiger partial charge is 0.322 e. The minimum atomic E-state index is -0.872. The molecule has 0 saturated carbocycles. The minimum Gasteiger partial charge on any atom is -0.480 e. The summed E-state index contributed by atoms with van der Waals surface area (Å²) in [5.41, 5.74) is 1.08. The summed E-state index contributed by atoms with van der Waals surface area (Å²) in [5.74, 6) is -0.837. The van der Waals surface area contributed by atoms with Gasteiger partial charge < -0.3 is 10.0 Å². The Labute approximate surface area is 117 Å². The molecule has 0 radical (unpaired) electrons. The maximum atomic E-state index is 12.1. The first-order chi connectivity index (χ1) is 9.58. The summed E-state index contributed by atoms with van der Waals surface area (Å²) in [4.78, 5) is 26.6. The number of aromatic amines is 1. The lowest BCUT2D eigenvalue weighted by atomic mass is 10.1. The van der Waals surface area contributed by atoms with E-state index in [0.29, 0.717) is 19.5 Å². The number of hydrogen-bond acceptors (Lipinski definition) is 4. The summed E-state index contributed by atoms with van der Waals surface area (Å²) in [6, 6.07) is -0.596. The van der Waals surface area contributed by atoms with E-state index in [9.17, 15) is 9.59 Å². The molecule has 1 aromatic heterocycles. The molecule has 7 nitrogen and oxygen atoms in total. The van der Waals surface area contributed by atoms with E-state index in [4.69, 9.17) is 5.11 Å². The number of amides is 1. The maximum absolute atomic E-state index is 12.1. The molecule has 1 aliphatic rings. The third kappa shape index (κ3) is 3.57. The summed E-state index contributed by atoms with van der Waals surface area (Å²) >= 11 is 0. The third-order valence-electron chi connectivity index (χ3n) is 3.70. The van der Waals surface area contributed by atoms with Crippen LogP contribution < -0.4 is 0 Å². The van der Waals surface area contributed by atoms with Gasteiger partial charge in [-0.05, 0) is 25.5 Å². The lowest BCUT2D eigenvalue weighted by molar-refractivity contribution is -0.147. The molecule has 20 heavy (non-hydrogen) atoms. The number of likely N-dealkylation sites (N-methyl/N-ethyl adjacent to an activating group) is 1. The van der Waals surface area contributed by atoms with E-state index in [2.05, 4.69) is 10.2 Å². The van der Waals surface area contributed by atoms with Crippen LogP contribution in [0, 0.1) is 0 Å². The van der Waals surface area contributed by atoms with Crippen LogP contribution >= 0.6 is 0 Å². The van der Waals surface area contributed by atoms with Crippen molar-refractivity contribution in [3.05, 3.63) is 18.0 Å². The Morgan fingerprint density at radius 1 is 1.50 bits per heavy atom. The average molecular weight is 280 g/mol. The zero-order chi connectivity index (χ0) is 14.5. The number of carbonyl (C=O) groups excluding carboxylic acids is 1. The molecule has 1 atom stereocenters. The highest BCUT2D eigenvalue weighted by molar-refractivity contribution is 5.79. The van der Waals surface area contributed by atoms with Crippen molar-refractivity contribution in [3.63, 3.8) is 0 Å². The summed E-state index contributed by atoms with van der Waals surface area (Å²) in [6.07, 6.45) is 5.57. The van der Waals surface area contributed by atoms with E-state index in [1.54, 1.807) is 23.0 Å². The number of aliphatic carboxylic acids is 1. The molecule has 2 N–H and O–H groups in total. The van der Waals surface area contributed by atoms with E-state index < -0.39 is 12.0 Å². The van der Waals surface area contributed by atoms with Crippen LogP contribution in [0.5, 0.6) is 0 Å². The number of aryl methyl sites for hydroxylation is 1. The monoisotopic (exact) mass is 280 g/mol. The molecule has 1 unspecified atom stereocenters. The van der Waals surface area contributed by atoms with Crippen LogP contribution in [0.25, 0.3) is 0 Å². The second kappa shape index (κ2) is 6.51. The van der Waals surface area contributed by atoms with Gasteiger partial charge in [0.05, 0.1) is 6.20 Å². The molecule has 1 saturated heterocycles. The van der Waals surface area contributed by atoms with Crippen molar-refractivity contribution in [1.82, 2.24) is 20.0 Å². The fourth-order valence-corrected chi connectivity index (χ4v) is 2.38. The predicted molar refractivity (Wildman–Crippen MR) is 72.2 cm³/mol. The van der Waals surface area contributed by atoms with Gasteiger partial charge in [-0.25, -0.2) is 0 Å².